The van der Waals surface area contributed by atoms with Crippen molar-refractivity contribution >= 4 is 0 Å². The lowest BCUT2D eigenvalue weighted by molar-refractivity contribution is 0.0992. The standard InChI is InChI=1S/C16H31N/c1-16(2,3)14-10-8-13(9-11-14)15(17-4)12-6-5-7-12/h12-15,17H,5-11H2,1-4H3. The van der Waals surface area contributed by atoms with Gasteiger partial charge in [-0.15, -0.1) is 0 Å². The largest absolute Gasteiger partial charge is 0.316 e. The third kappa shape index (κ3) is 3.05. The molecule has 0 aliphatic heterocycles. The third-order valence-corrected chi connectivity index (χ3v) is 5.50. The van der Waals surface area contributed by atoms with Crippen molar-refractivity contribution in [3.05, 3.63) is 0 Å². The minimum absolute atomic E-state index is 0.524. The van der Waals surface area contributed by atoms with Crippen LogP contribution in [-0.2, 0) is 0 Å². The maximum Gasteiger partial charge on any atom is 0.0121 e. The van der Waals surface area contributed by atoms with Gasteiger partial charge in [0, 0.05) is 6.04 Å². The highest BCUT2D eigenvalue weighted by Gasteiger charge is 2.36. The van der Waals surface area contributed by atoms with Gasteiger partial charge < -0.3 is 5.32 Å². The second-order valence-electron chi connectivity index (χ2n) is 7.48. The summed E-state index contributed by atoms with van der Waals surface area (Å²) in [6.07, 6.45) is 10.3. The summed E-state index contributed by atoms with van der Waals surface area (Å²) in [7, 11) is 2.18. The van der Waals surface area contributed by atoms with Gasteiger partial charge in [0.1, 0.15) is 0 Å². The van der Waals surface area contributed by atoms with E-state index in [1.807, 2.05) is 0 Å². The van der Waals surface area contributed by atoms with Gasteiger partial charge in [0.15, 0.2) is 0 Å². The van der Waals surface area contributed by atoms with Crippen LogP contribution in [0.4, 0.5) is 0 Å². The molecule has 0 saturated heterocycles. The van der Waals surface area contributed by atoms with E-state index in [-0.39, 0.29) is 0 Å². The summed E-state index contributed by atoms with van der Waals surface area (Å²) in [6.45, 7) is 7.25. The summed E-state index contributed by atoms with van der Waals surface area (Å²) >= 11 is 0. The van der Waals surface area contributed by atoms with Crippen LogP contribution in [0.1, 0.15) is 65.7 Å². The van der Waals surface area contributed by atoms with E-state index in [1.54, 1.807) is 0 Å². The molecule has 1 nitrogen and oxygen atoms in total. The summed E-state index contributed by atoms with van der Waals surface area (Å²) in [5.41, 5.74) is 0.524. The fraction of sp³-hybridized carbons (Fsp3) is 1.00. The molecule has 2 aliphatic rings. The Balaban J connectivity index is 1.85. The van der Waals surface area contributed by atoms with Crippen molar-refractivity contribution in [1.82, 2.24) is 5.32 Å². The van der Waals surface area contributed by atoms with Gasteiger partial charge in [0.05, 0.1) is 0 Å². The van der Waals surface area contributed by atoms with Crippen molar-refractivity contribution in [2.45, 2.75) is 71.8 Å². The highest BCUT2D eigenvalue weighted by Crippen LogP contribution is 2.43. The lowest BCUT2D eigenvalue weighted by atomic mass is 9.65. The van der Waals surface area contributed by atoms with Crippen molar-refractivity contribution in [2.75, 3.05) is 7.05 Å². The van der Waals surface area contributed by atoms with Crippen molar-refractivity contribution in [2.24, 2.45) is 23.2 Å². The molecule has 0 aromatic carbocycles. The van der Waals surface area contributed by atoms with Crippen LogP contribution in [0, 0.1) is 23.2 Å². The first kappa shape index (κ1) is 13.4. The second-order valence-corrected chi connectivity index (χ2v) is 7.48. The van der Waals surface area contributed by atoms with Crippen LogP contribution in [0.2, 0.25) is 0 Å². The summed E-state index contributed by atoms with van der Waals surface area (Å²) in [6, 6.07) is 0.824. The minimum atomic E-state index is 0.524. The van der Waals surface area contributed by atoms with Gasteiger partial charge in [-0.3, -0.25) is 0 Å². The zero-order chi connectivity index (χ0) is 12.5. The van der Waals surface area contributed by atoms with E-state index >= 15 is 0 Å². The van der Waals surface area contributed by atoms with Gasteiger partial charge in [0.2, 0.25) is 0 Å². The zero-order valence-electron chi connectivity index (χ0n) is 12.3. The highest BCUT2D eigenvalue weighted by atomic mass is 14.9. The molecule has 0 radical (unpaired) electrons. The Morgan fingerprint density at radius 3 is 1.76 bits per heavy atom. The zero-order valence-corrected chi connectivity index (χ0v) is 12.3. The Labute approximate surface area is 108 Å². The fourth-order valence-electron chi connectivity index (χ4n) is 4.00. The molecule has 1 unspecified atom stereocenters. The quantitative estimate of drug-likeness (QED) is 0.774. The number of hydrogen-bond donors (Lipinski definition) is 1. The van der Waals surface area contributed by atoms with E-state index in [0.717, 1.165) is 23.8 Å². The van der Waals surface area contributed by atoms with E-state index in [9.17, 15) is 0 Å². The SMILES string of the molecule is CNC(C1CCC1)C1CCC(C(C)(C)C)CC1. The van der Waals surface area contributed by atoms with Gasteiger partial charge in [0.25, 0.3) is 0 Å². The normalized spacial score (nSPS) is 33.2. The summed E-state index contributed by atoms with van der Waals surface area (Å²) in [4.78, 5) is 0. The molecule has 1 N–H and O–H groups in total. The van der Waals surface area contributed by atoms with Crippen molar-refractivity contribution in [3.8, 4) is 0 Å². The summed E-state index contributed by atoms with van der Waals surface area (Å²) in [5, 5.41) is 3.63. The van der Waals surface area contributed by atoms with E-state index in [4.69, 9.17) is 0 Å². The Bertz CT molecular complexity index is 228. The average molecular weight is 237 g/mol. The Morgan fingerprint density at radius 2 is 1.41 bits per heavy atom. The van der Waals surface area contributed by atoms with E-state index < -0.39 is 0 Å². The molecule has 2 rings (SSSR count). The Morgan fingerprint density at radius 1 is 0.882 bits per heavy atom. The topological polar surface area (TPSA) is 12.0 Å². The summed E-state index contributed by atoms with van der Waals surface area (Å²) < 4.78 is 0. The summed E-state index contributed by atoms with van der Waals surface area (Å²) in [5.74, 6) is 2.91. The Kier molecular flexibility index (Phi) is 4.18. The average Bonchev–Trinajstić information content (AvgIpc) is 2.22. The molecule has 0 amide bonds. The van der Waals surface area contributed by atoms with Crippen LogP contribution in [-0.4, -0.2) is 13.1 Å². The van der Waals surface area contributed by atoms with Crippen LogP contribution < -0.4 is 5.32 Å². The molecule has 1 heteroatoms. The monoisotopic (exact) mass is 237 g/mol. The van der Waals surface area contributed by atoms with Gasteiger partial charge in [-0.2, -0.15) is 0 Å². The molecular formula is C16H31N. The predicted molar refractivity (Wildman–Crippen MR) is 75.1 cm³/mol. The predicted octanol–water partition coefficient (Wildman–Crippen LogP) is 4.23. The van der Waals surface area contributed by atoms with E-state index in [1.165, 1.54) is 44.9 Å². The molecule has 1 atom stereocenters. The van der Waals surface area contributed by atoms with Crippen molar-refractivity contribution < 1.29 is 0 Å². The second kappa shape index (κ2) is 5.30. The van der Waals surface area contributed by atoms with Crippen molar-refractivity contribution in [1.29, 1.82) is 0 Å². The third-order valence-electron chi connectivity index (χ3n) is 5.50. The Hall–Kier alpha value is -0.0400. The van der Waals surface area contributed by atoms with Gasteiger partial charge >= 0.3 is 0 Å². The molecule has 0 aromatic rings. The molecule has 2 aliphatic carbocycles. The van der Waals surface area contributed by atoms with E-state index in [0.29, 0.717) is 5.41 Å². The van der Waals surface area contributed by atoms with Gasteiger partial charge in [-0.1, -0.05) is 27.2 Å². The minimum Gasteiger partial charge on any atom is -0.316 e. The first-order valence-corrected chi connectivity index (χ1v) is 7.69. The number of hydrogen-bond acceptors (Lipinski definition) is 1. The molecule has 2 fully saturated rings. The van der Waals surface area contributed by atoms with Crippen LogP contribution >= 0.6 is 0 Å². The lowest BCUT2D eigenvalue weighted by Crippen LogP contribution is -2.45. The van der Waals surface area contributed by atoms with Gasteiger partial charge in [-0.05, 0) is 68.7 Å². The maximum atomic E-state index is 3.63. The fourth-order valence-corrected chi connectivity index (χ4v) is 4.00. The van der Waals surface area contributed by atoms with Crippen LogP contribution in [0.15, 0.2) is 0 Å². The first-order chi connectivity index (χ1) is 8.02. The number of rotatable bonds is 3. The molecule has 0 bridgehead atoms. The molecule has 0 spiro atoms. The molecule has 100 valence electrons. The highest BCUT2D eigenvalue weighted by molar-refractivity contribution is 4.90. The molecular weight excluding hydrogens is 206 g/mol. The lowest BCUT2D eigenvalue weighted by Gasteiger charge is -2.43. The molecule has 17 heavy (non-hydrogen) atoms. The number of nitrogens with one attached hydrogen (secondary N) is 1. The smallest absolute Gasteiger partial charge is 0.0121 e. The van der Waals surface area contributed by atoms with Gasteiger partial charge in [-0.25, -0.2) is 0 Å². The van der Waals surface area contributed by atoms with Crippen LogP contribution in [0.5, 0.6) is 0 Å². The van der Waals surface area contributed by atoms with Crippen molar-refractivity contribution in [3.63, 3.8) is 0 Å². The first-order valence-electron chi connectivity index (χ1n) is 7.69. The maximum absolute atomic E-state index is 3.63. The molecule has 0 aromatic heterocycles. The van der Waals surface area contributed by atoms with E-state index in [2.05, 4.69) is 33.1 Å². The molecule has 2 saturated carbocycles. The van der Waals surface area contributed by atoms with Crippen LogP contribution in [0.3, 0.4) is 0 Å². The van der Waals surface area contributed by atoms with Crippen LogP contribution in [0.25, 0.3) is 0 Å². The molecule has 0 heterocycles.